The molecule has 0 atom stereocenters. The van der Waals surface area contributed by atoms with Gasteiger partial charge in [0, 0.05) is 10.2 Å². The summed E-state index contributed by atoms with van der Waals surface area (Å²) in [5.41, 5.74) is 7.28. The molecule has 0 aliphatic carbocycles. The number of para-hydroxylation sites is 2. The van der Waals surface area contributed by atoms with Crippen molar-refractivity contribution in [2.75, 3.05) is 18.2 Å². The molecular weight excluding hydrogens is 308 g/mol. The summed E-state index contributed by atoms with van der Waals surface area (Å²) in [5.74, 6) is 0.334. The van der Waals surface area contributed by atoms with Crippen molar-refractivity contribution in [3.05, 3.63) is 52.5 Å². The fourth-order valence-electron chi connectivity index (χ4n) is 1.68. The lowest BCUT2D eigenvalue weighted by atomic mass is 10.1. The minimum absolute atomic E-state index is 0.269. The first-order chi connectivity index (χ1) is 9.11. The SMILES string of the molecule is COc1ccccc1NC(=O)c1ccc(Br)cc1N. The zero-order chi connectivity index (χ0) is 13.8. The first kappa shape index (κ1) is 13.4. The minimum Gasteiger partial charge on any atom is -0.495 e. The largest absolute Gasteiger partial charge is 0.495 e. The number of anilines is 2. The van der Waals surface area contributed by atoms with Gasteiger partial charge in [0.1, 0.15) is 5.75 Å². The highest BCUT2D eigenvalue weighted by atomic mass is 79.9. The van der Waals surface area contributed by atoms with E-state index < -0.39 is 0 Å². The van der Waals surface area contributed by atoms with Crippen LogP contribution in [-0.2, 0) is 0 Å². The predicted molar refractivity (Wildman–Crippen MR) is 79.5 cm³/mol. The standard InChI is InChI=1S/C14H13BrN2O2/c1-19-13-5-3-2-4-12(13)17-14(18)10-7-6-9(15)8-11(10)16/h2-8H,16H2,1H3,(H,17,18). The van der Waals surface area contributed by atoms with Gasteiger partial charge in [-0.3, -0.25) is 4.79 Å². The van der Waals surface area contributed by atoms with Crippen molar-refractivity contribution in [2.45, 2.75) is 0 Å². The number of ether oxygens (including phenoxy) is 1. The average Bonchev–Trinajstić information content (AvgIpc) is 2.39. The Labute approximate surface area is 119 Å². The lowest BCUT2D eigenvalue weighted by molar-refractivity contribution is 0.102. The van der Waals surface area contributed by atoms with Crippen LogP contribution >= 0.6 is 15.9 Å². The molecule has 3 N–H and O–H groups in total. The van der Waals surface area contributed by atoms with E-state index in [4.69, 9.17) is 10.5 Å². The Balaban J connectivity index is 2.26. The van der Waals surface area contributed by atoms with E-state index in [0.29, 0.717) is 22.7 Å². The van der Waals surface area contributed by atoms with Gasteiger partial charge in [-0.2, -0.15) is 0 Å². The van der Waals surface area contributed by atoms with Crippen LogP contribution in [0.4, 0.5) is 11.4 Å². The maximum Gasteiger partial charge on any atom is 0.257 e. The molecule has 0 aromatic heterocycles. The highest BCUT2D eigenvalue weighted by molar-refractivity contribution is 9.10. The van der Waals surface area contributed by atoms with Crippen LogP contribution in [0.1, 0.15) is 10.4 Å². The fraction of sp³-hybridized carbons (Fsp3) is 0.0714. The summed E-state index contributed by atoms with van der Waals surface area (Å²) in [6, 6.07) is 12.3. The Bertz CT molecular complexity index is 614. The Morgan fingerprint density at radius 1 is 1.26 bits per heavy atom. The Morgan fingerprint density at radius 2 is 2.00 bits per heavy atom. The van der Waals surface area contributed by atoms with Crippen LogP contribution in [-0.4, -0.2) is 13.0 Å². The van der Waals surface area contributed by atoms with Crippen LogP contribution < -0.4 is 15.8 Å². The van der Waals surface area contributed by atoms with Gasteiger partial charge in [-0.15, -0.1) is 0 Å². The number of benzene rings is 2. The van der Waals surface area contributed by atoms with Gasteiger partial charge in [0.15, 0.2) is 0 Å². The number of halogens is 1. The molecule has 4 nitrogen and oxygen atoms in total. The molecule has 2 aromatic carbocycles. The van der Waals surface area contributed by atoms with Crippen molar-refractivity contribution in [2.24, 2.45) is 0 Å². The smallest absolute Gasteiger partial charge is 0.257 e. The molecule has 5 heteroatoms. The van der Waals surface area contributed by atoms with Gasteiger partial charge < -0.3 is 15.8 Å². The molecule has 2 aromatic rings. The molecule has 0 heterocycles. The summed E-state index contributed by atoms with van der Waals surface area (Å²) in [5, 5.41) is 2.78. The fourth-order valence-corrected chi connectivity index (χ4v) is 2.06. The highest BCUT2D eigenvalue weighted by Crippen LogP contribution is 2.25. The van der Waals surface area contributed by atoms with E-state index in [1.807, 2.05) is 12.1 Å². The molecule has 0 fully saturated rings. The minimum atomic E-state index is -0.269. The number of methoxy groups -OCH3 is 1. The summed E-state index contributed by atoms with van der Waals surface area (Å²) >= 11 is 3.30. The number of hydrogen-bond donors (Lipinski definition) is 2. The number of nitrogens with one attached hydrogen (secondary N) is 1. The van der Waals surface area contributed by atoms with Crippen molar-refractivity contribution in [1.82, 2.24) is 0 Å². The van der Waals surface area contributed by atoms with Crippen LogP contribution in [0.25, 0.3) is 0 Å². The Hall–Kier alpha value is -2.01. The molecule has 0 radical (unpaired) electrons. The second kappa shape index (κ2) is 5.75. The molecule has 0 aliphatic rings. The molecule has 19 heavy (non-hydrogen) atoms. The first-order valence-electron chi connectivity index (χ1n) is 5.61. The number of carbonyl (C=O) groups is 1. The molecule has 2 rings (SSSR count). The summed E-state index contributed by atoms with van der Waals surface area (Å²) in [6.07, 6.45) is 0. The van der Waals surface area contributed by atoms with E-state index in [0.717, 1.165) is 4.47 Å². The Kier molecular flexibility index (Phi) is 4.06. The number of nitrogen functional groups attached to an aromatic ring is 1. The molecule has 0 bridgehead atoms. The van der Waals surface area contributed by atoms with E-state index >= 15 is 0 Å². The topological polar surface area (TPSA) is 64.3 Å². The second-order valence-corrected chi connectivity index (χ2v) is 4.80. The van der Waals surface area contributed by atoms with Gasteiger partial charge in [0.25, 0.3) is 5.91 Å². The van der Waals surface area contributed by atoms with Crippen molar-refractivity contribution in [3.63, 3.8) is 0 Å². The van der Waals surface area contributed by atoms with Crippen molar-refractivity contribution in [3.8, 4) is 5.75 Å². The van der Waals surface area contributed by atoms with Crippen molar-refractivity contribution >= 4 is 33.2 Å². The zero-order valence-electron chi connectivity index (χ0n) is 10.3. The normalized spacial score (nSPS) is 10.0. The lowest BCUT2D eigenvalue weighted by Crippen LogP contribution is -2.14. The van der Waals surface area contributed by atoms with Crippen LogP contribution in [0.2, 0.25) is 0 Å². The Morgan fingerprint density at radius 3 is 2.68 bits per heavy atom. The number of nitrogens with two attached hydrogens (primary N) is 1. The molecule has 0 spiro atoms. The molecule has 0 saturated heterocycles. The highest BCUT2D eigenvalue weighted by Gasteiger charge is 2.12. The molecule has 0 saturated carbocycles. The van der Waals surface area contributed by atoms with Gasteiger partial charge in [-0.1, -0.05) is 28.1 Å². The third-order valence-electron chi connectivity index (χ3n) is 2.61. The first-order valence-corrected chi connectivity index (χ1v) is 6.40. The van der Waals surface area contributed by atoms with Crippen molar-refractivity contribution in [1.29, 1.82) is 0 Å². The van der Waals surface area contributed by atoms with Crippen LogP contribution in [0.15, 0.2) is 46.9 Å². The van der Waals surface area contributed by atoms with E-state index in [9.17, 15) is 4.79 Å². The molecule has 98 valence electrons. The summed E-state index contributed by atoms with van der Waals surface area (Å²) in [7, 11) is 1.55. The van der Waals surface area contributed by atoms with Gasteiger partial charge in [-0.05, 0) is 30.3 Å². The molecule has 0 unspecified atom stereocenters. The second-order valence-electron chi connectivity index (χ2n) is 3.89. The summed E-state index contributed by atoms with van der Waals surface area (Å²) in [4.78, 5) is 12.2. The number of hydrogen-bond acceptors (Lipinski definition) is 3. The lowest BCUT2D eigenvalue weighted by Gasteiger charge is -2.11. The summed E-state index contributed by atoms with van der Waals surface area (Å²) in [6.45, 7) is 0. The van der Waals surface area contributed by atoms with E-state index in [-0.39, 0.29) is 5.91 Å². The predicted octanol–water partition coefficient (Wildman–Crippen LogP) is 3.29. The third kappa shape index (κ3) is 3.06. The zero-order valence-corrected chi connectivity index (χ0v) is 11.9. The van der Waals surface area contributed by atoms with E-state index in [1.165, 1.54) is 0 Å². The average molecular weight is 321 g/mol. The van der Waals surface area contributed by atoms with Crippen molar-refractivity contribution < 1.29 is 9.53 Å². The van der Waals surface area contributed by atoms with Crippen LogP contribution in [0.3, 0.4) is 0 Å². The number of amides is 1. The number of rotatable bonds is 3. The number of carbonyl (C=O) groups excluding carboxylic acids is 1. The third-order valence-corrected chi connectivity index (χ3v) is 3.11. The van der Waals surface area contributed by atoms with Crippen LogP contribution in [0, 0.1) is 0 Å². The van der Waals surface area contributed by atoms with Gasteiger partial charge in [0.2, 0.25) is 0 Å². The maximum atomic E-state index is 12.2. The molecule has 1 amide bonds. The summed E-state index contributed by atoms with van der Waals surface area (Å²) < 4.78 is 6.01. The molecular formula is C14H13BrN2O2. The van der Waals surface area contributed by atoms with Crippen LogP contribution in [0.5, 0.6) is 5.75 Å². The quantitative estimate of drug-likeness (QED) is 0.853. The van der Waals surface area contributed by atoms with Gasteiger partial charge in [0.05, 0.1) is 18.4 Å². The molecule has 0 aliphatic heterocycles. The maximum absolute atomic E-state index is 12.2. The van der Waals surface area contributed by atoms with E-state index in [1.54, 1.807) is 37.4 Å². The van der Waals surface area contributed by atoms with E-state index in [2.05, 4.69) is 21.2 Å². The van der Waals surface area contributed by atoms with Gasteiger partial charge in [-0.25, -0.2) is 0 Å². The van der Waals surface area contributed by atoms with Gasteiger partial charge >= 0.3 is 0 Å². The monoisotopic (exact) mass is 320 g/mol.